The molecule has 0 fully saturated rings. The number of carbonyl (C=O) groups excluding carboxylic acids is 1. The second-order valence-electron chi connectivity index (χ2n) is 5.45. The summed E-state index contributed by atoms with van der Waals surface area (Å²) in [6.07, 6.45) is 0. The van der Waals surface area contributed by atoms with Crippen molar-refractivity contribution in [3.8, 4) is 0 Å². The van der Waals surface area contributed by atoms with Crippen LogP contribution < -0.4 is 10.6 Å². The van der Waals surface area contributed by atoms with Gasteiger partial charge in [0.25, 0.3) is 0 Å². The van der Waals surface area contributed by atoms with E-state index in [0.717, 1.165) is 5.56 Å². The summed E-state index contributed by atoms with van der Waals surface area (Å²) in [5, 5.41) is 6.26. The lowest BCUT2D eigenvalue weighted by molar-refractivity contribution is -0.123. The normalized spacial score (nSPS) is 14.1. The Morgan fingerprint density at radius 1 is 1.20 bits per heavy atom. The third-order valence-electron chi connectivity index (χ3n) is 3.06. The van der Waals surface area contributed by atoms with Gasteiger partial charge in [-0.05, 0) is 18.4 Å². The minimum absolute atomic E-state index is 0.0148. The fourth-order valence-electron chi connectivity index (χ4n) is 1.93. The van der Waals surface area contributed by atoms with Gasteiger partial charge in [-0.15, -0.1) is 0 Å². The Kier molecular flexibility index (Phi) is 7.26. The fraction of sp³-hybridized carbons (Fsp3) is 0.562. The maximum atomic E-state index is 12.0. The lowest BCUT2D eigenvalue weighted by atomic mass is 10.1. The molecule has 0 spiro atoms. The van der Waals surface area contributed by atoms with Gasteiger partial charge in [0.1, 0.15) is 0 Å². The Hall–Kier alpha value is -1.39. The standard InChI is InChI=1S/C16H26N2O2/c1-12(2)10-17-16(19)13(3)18-15(11-20-4)14-8-6-5-7-9-14/h5-9,12-13,15,18H,10-11H2,1-4H3,(H,17,19). The van der Waals surface area contributed by atoms with Crippen molar-refractivity contribution in [1.29, 1.82) is 0 Å². The van der Waals surface area contributed by atoms with E-state index in [0.29, 0.717) is 19.1 Å². The molecule has 112 valence electrons. The van der Waals surface area contributed by atoms with Crippen LogP contribution in [0.5, 0.6) is 0 Å². The number of nitrogens with one attached hydrogen (secondary N) is 2. The molecular weight excluding hydrogens is 252 g/mol. The summed E-state index contributed by atoms with van der Waals surface area (Å²) in [7, 11) is 1.67. The molecule has 0 bridgehead atoms. The minimum Gasteiger partial charge on any atom is -0.383 e. The van der Waals surface area contributed by atoms with E-state index in [4.69, 9.17) is 4.74 Å². The van der Waals surface area contributed by atoms with Crippen LogP contribution in [0.2, 0.25) is 0 Å². The molecule has 0 aliphatic heterocycles. The molecular formula is C16H26N2O2. The number of amides is 1. The molecule has 0 aromatic heterocycles. The van der Waals surface area contributed by atoms with E-state index in [1.807, 2.05) is 37.3 Å². The number of ether oxygens (including phenoxy) is 1. The van der Waals surface area contributed by atoms with Gasteiger partial charge in [-0.1, -0.05) is 44.2 Å². The first kappa shape index (κ1) is 16.7. The molecule has 0 aliphatic carbocycles. The average Bonchev–Trinajstić information content (AvgIpc) is 2.45. The Labute approximate surface area is 121 Å². The number of hydrogen-bond donors (Lipinski definition) is 2. The van der Waals surface area contributed by atoms with Crippen molar-refractivity contribution in [3.63, 3.8) is 0 Å². The summed E-state index contributed by atoms with van der Waals surface area (Å²) >= 11 is 0. The molecule has 0 radical (unpaired) electrons. The van der Waals surface area contributed by atoms with Crippen molar-refractivity contribution in [2.24, 2.45) is 5.92 Å². The van der Waals surface area contributed by atoms with Crippen molar-refractivity contribution in [3.05, 3.63) is 35.9 Å². The van der Waals surface area contributed by atoms with Crippen molar-refractivity contribution >= 4 is 5.91 Å². The first-order chi connectivity index (χ1) is 9.54. The largest absolute Gasteiger partial charge is 0.383 e. The molecule has 4 heteroatoms. The predicted octanol–water partition coefficient (Wildman–Crippen LogP) is 2.12. The van der Waals surface area contributed by atoms with Crippen LogP contribution in [0.4, 0.5) is 0 Å². The first-order valence-electron chi connectivity index (χ1n) is 7.12. The Morgan fingerprint density at radius 3 is 2.40 bits per heavy atom. The van der Waals surface area contributed by atoms with Gasteiger partial charge in [-0.25, -0.2) is 0 Å². The van der Waals surface area contributed by atoms with E-state index in [9.17, 15) is 4.79 Å². The molecule has 1 aromatic rings. The zero-order valence-electron chi connectivity index (χ0n) is 12.8. The van der Waals surface area contributed by atoms with Gasteiger partial charge in [0.2, 0.25) is 5.91 Å². The maximum Gasteiger partial charge on any atom is 0.236 e. The Balaban J connectivity index is 2.59. The van der Waals surface area contributed by atoms with E-state index in [1.165, 1.54) is 0 Å². The third-order valence-corrected chi connectivity index (χ3v) is 3.06. The molecule has 1 amide bonds. The summed E-state index contributed by atoms with van der Waals surface area (Å²) in [6.45, 7) is 7.27. The number of benzene rings is 1. The highest BCUT2D eigenvalue weighted by Gasteiger charge is 2.18. The van der Waals surface area contributed by atoms with Crippen molar-refractivity contribution in [2.75, 3.05) is 20.3 Å². The van der Waals surface area contributed by atoms with Gasteiger partial charge in [0.15, 0.2) is 0 Å². The van der Waals surface area contributed by atoms with Crippen LogP contribution in [0, 0.1) is 5.92 Å². The molecule has 1 aromatic carbocycles. The van der Waals surface area contributed by atoms with Gasteiger partial charge >= 0.3 is 0 Å². The highest BCUT2D eigenvalue weighted by atomic mass is 16.5. The van der Waals surface area contributed by atoms with Crippen LogP contribution in [0.3, 0.4) is 0 Å². The van der Waals surface area contributed by atoms with Gasteiger partial charge < -0.3 is 10.1 Å². The SMILES string of the molecule is COCC(NC(C)C(=O)NCC(C)C)c1ccccc1. The van der Waals surface area contributed by atoms with Crippen LogP contribution >= 0.6 is 0 Å². The Morgan fingerprint density at radius 2 is 1.85 bits per heavy atom. The zero-order chi connectivity index (χ0) is 15.0. The van der Waals surface area contributed by atoms with Crippen molar-refractivity contribution in [2.45, 2.75) is 32.9 Å². The van der Waals surface area contributed by atoms with Crippen LogP contribution in [-0.4, -0.2) is 32.2 Å². The Bertz CT molecular complexity index is 393. The second-order valence-corrected chi connectivity index (χ2v) is 5.45. The molecule has 2 unspecified atom stereocenters. The minimum atomic E-state index is -0.255. The first-order valence-corrected chi connectivity index (χ1v) is 7.12. The molecule has 0 aliphatic rings. The third kappa shape index (κ3) is 5.72. The summed E-state index contributed by atoms with van der Waals surface area (Å²) in [5.41, 5.74) is 1.12. The summed E-state index contributed by atoms with van der Waals surface area (Å²) in [6, 6.07) is 9.79. The van der Waals surface area contributed by atoms with Crippen LogP contribution in [0.25, 0.3) is 0 Å². The van der Waals surface area contributed by atoms with Crippen LogP contribution in [-0.2, 0) is 9.53 Å². The van der Waals surface area contributed by atoms with E-state index >= 15 is 0 Å². The van der Waals surface area contributed by atoms with Crippen LogP contribution in [0.1, 0.15) is 32.4 Å². The lowest BCUT2D eigenvalue weighted by Gasteiger charge is -2.23. The molecule has 1 rings (SSSR count). The molecule has 0 heterocycles. The van der Waals surface area contributed by atoms with Crippen molar-refractivity contribution < 1.29 is 9.53 Å². The number of hydrogen-bond acceptors (Lipinski definition) is 3. The van der Waals surface area contributed by atoms with Gasteiger partial charge in [0, 0.05) is 13.7 Å². The molecule has 0 saturated heterocycles. The molecule has 4 nitrogen and oxygen atoms in total. The highest BCUT2D eigenvalue weighted by molar-refractivity contribution is 5.81. The van der Waals surface area contributed by atoms with Crippen molar-refractivity contribution in [1.82, 2.24) is 10.6 Å². The zero-order valence-corrected chi connectivity index (χ0v) is 12.8. The summed E-state index contributed by atoms with van der Waals surface area (Å²) < 4.78 is 5.24. The van der Waals surface area contributed by atoms with E-state index in [1.54, 1.807) is 7.11 Å². The smallest absolute Gasteiger partial charge is 0.236 e. The second kappa shape index (κ2) is 8.72. The fourth-order valence-corrected chi connectivity index (χ4v) is 1.93. The van der Waals surface area contributed by atoms with Gasteiger partial charge in [-0.3, -0.25) is 10.1 Å². The topological polar surface area (TPSA) is 50.4 Å². The highest BCUT2D eigenvalue weighted by Crippen LogP contribution is 2.13. The van der Waals surface area contributed by atoms with E-state index < -0.39 is 0 Å². The van der Waals surface area contributed by atoms with E-state index in [2.05, 4.69) is 24.5 Å². The summed E-state index contributed by atoms with van der Waals surface area (Å²) in [5.74, 6) is 0.478. The average molecular weight is 278 g/mol. The molecule has 2 N–H and O–H groups in total. The monoisotopic (exact) mass is 278 g/mol. The predicted molar refractivity (Wildman–Crippen MR) is 81.5 cm³/mol. The molecule has 2 atom stereocenters. The summed E-state index contributed by atoms with van der Waals surface area (Å²) in [4.78, 5) is 12.0. The van der Waals surface area contributed by atoms with E-state index in [-0.39, 0.29) is 18.0 Å². The molecule has 20 heavy (non-hydrogen) atoms. The van der Waals surface area contributed by atoms with Gasteiger partial charge in [0.05, 0.1) is 18.7 Å². The lowest BCUT2D eigenvalue weighted by Crippen LogP contribution is -2.45. The molecule has 0 saturated carbocycles. The number of methoxy groups -OCH3 is 1. The maximum absolute atomic E-state index is 12.0. The number of rotatable bonds is 8. The quantitative estimate of drug-likeness (QED) is 0.766. The number of carbonyl (C=O) groups is 1. The van der Waals surface area contributed by atoms with Gasteiger partial charge in [-0.2, -0.15) is 0 Å². The van der Waals surface area contributed by atoms with Crippen LogP contribution in [0.15, 0.2) is 30.3 Å².